The van der Waals surface area contributed by atoms with E-state index in [1.807, 2.05) is 24.3 Å². The van der Waals surface area contributed by atoms with Crippen molar-refractivity contribution in [3.8, 4) is 5.75 Å². The Labute approximate surface area is 152 Å². The molecule has 3 rings (SSSR count). The third-order valence-corrected chi connectivity index (χ3v) is 4.47. The molecule has 0 aliphatic rings. The number of halogens is 3. The van der Waals surface area contributed by atoms with Crippen LogP contribution in [0.2, 0.25) is 0 Å². The van der Waals surface area contributed by atoms with Gasteiger partial charge in [-0.3, -0.25) is 0 Å². The third kappa shape index (κ3) is 4.78. The molecule has 4 nitrogen and oxygen atoms in total. The van der Waals surface area contributed by atoms with Gasteiger partial charge in [-0.25, -0.2) is 0 Å². The van der Waals surface area contributed by atoms with Gasteiger partial charge in [-0.15, -0.1) is 10.2 Å². The minimum Gasteiger partial charge on any atom is -0.497 e. The first-order valence-electron chi connectivity index (χ1n) is 7.68. The Kier molecular flexibility index (Phi) is 5.51. The number of nitrogens with zero attached hydrogens (tertiary/aromatic N) is 2. The highest BCUT2D eigenvalue weighted by Gasteiger charge is 2.30. The van der Waals surface area contributed by atoms with Gasteiger partial charge in [0.25, 0.3) is 5.22 Å². The van der Waals surface area contributed by atoms with Crippen molar-refractivity contribution < 1.29 is 22.3 Å². The number of alkyl halides is 3. The predicted molar refractivity (Wildman–Crippen MR) is 91.1 cm³/mol. The Morgan fingerprint density at radius 2 is 1.81 bits per heavy atom. The highest BCUT2D eigenvalue weighted by atomic mass is 32.2. The summed E-state index contributed by atoms with van der Waals surface area (Å²) < 4.78 is 48.9. The minimum atomic E-state index is -4.35. The standard InChI is InChI=1S/C18H15F3N2O2S/c1-24-15-7-5-12(6-8-15)10-16-22-23-17(25-16)26-11-13-3-2-4-14(9-13)18(19,20)21/h2-9H,10-11H2,1H3. The summed E-state index contributed by atoms with van der Waals surface area (Å²) in [6, 6.07) is 12.7. The van der Waals surface area contributed by atoms with E-state index in [4.69, 9.17) is 9.15 Å². The van der Waals surface area contributed by atoms with Gasteiger partial charge >= 0.3 is 6.18 Å². The van der Waals surface area contributed by atoms with Gasteiger partial charge < -0.3 is 9.15 Å². The van der Waals surface area contributed by atoms with Crippen molar-refractivity contribution in [1.82, 2.24) is 10.2 Å². The molecule has 0 unspecified atom stereocenters. The Morgan fingerprint density at radius 1 is 1.04 bits per heavy atom. The van der Waals surface area contributed by atoms with Crippen LogP contribution in [0.5, 0.6) is 5.75 Å². The second kappa shape index (κ2) is 7.82. The molecule has 0 saturated heterocycles. The first kappa shape index (κ1) is 18.3. The highest BCUT2D eigenvalue weighted by Crippen LogP contribution is 2.31. The molecule has 0 atom stereocenters. The van der Waals surface area contributed by atoms with Crippen molar-refractivity contribution in [2.24, 2.45) is 0 Å². The minimum absolute atomic E-state index is 0.314. The van der Waals surface area contributed by atoms with Crippen LogP contribution in [0.15, 0.2) is 58.2 Å². The Bertz CT molecular complexity index is 863. The number of ether oxygens (including phenoxy) is 1. The average molecular weight is 380 g/mol. The zero-order valence-electron chi connectivity index (χ0n) is 13.8. The summed E-state index contributed by atoms with van der Waals surface area (Å²) in [6.07, 6.45) is -3.88. The predicted octanol–water partition coefficient (Wildman–Crippen LogP) is 4.98. The van der Waals surface area contributed by atoms with E-state index < -0.39 is 11.7 Å². The van der Waals surface area contributed by atoms with Gasteiger partial charge in [-0.05, 0) is 29.3 Å². The summed E-state index contributed by atoms with van der Waals surface area (Å²) in [5.41, 5.74) is 0.866. The second-order valence-corrected chi connectivity index (χ2v) is 6.40. The molecule has 0 amide bonds. The molecule has 136 valence electrons. The fraction of sp³-hybridized carbons (Fsp3) is 0.222. The number of rotatable bonds is 6. The maximum absolute atomic E-state index is 12.7. The molecule has 0 N–H and O–H groups in total. The lowest BCUT2D eigenvalue weighted by Gasteiger charge is -2.07. The zero-order valence-corrected chi connectivity index (χ0v) is 14.6. The maximum Gasteiger partial charge on any atom is 0.416 e. The van der Waals surface area contributed by atoms with E-state index in [1.54, 1.807) is 13.2 Å². The molecule has 26 heavy (non-hydrogen) atoms. The number of hydrogen-bond donors (Lipinski definition) is 0. The van der Waals surface area contributed by atoms with Gasteiger partial charge in [0.2, 0.25) is 5.89 Å². The summed E-state index contributed by atoms with van der Waals surface area (Å²) in [7, 11) is 1.60. The summed E-state index contributed by atoms with van der Waals surface area (Å²) in [4.78, 5) is 0. The molecule has 8 heteroatoms. The average Bonchev–Trinajstić information content (AvgIpc) is 3.07. The lowest BCUT2D eigenvalue weighted by atomic mass is 10.1. The Morgan fingerprint density at radius 3 is 2.50 bits per heavy atom. The molecule has 0 saturated carbocycles. The van der Waals surface area contributed by atoms with Crippen LogP contribution in [0.25, 0.3) is 0 Å². The largest absolute Gasteiger partial charge is 0.497 e. The normalized spacial score (nSPS) is 11.5. The summed E-state index contributed by atoms with van der Waals surface area (Å²) in [5, 5.41) is 8.23. The summed E-state index contributed by atoms with van der Waals surface area (Å²) in [6.45, 7) is 0. The van der Waals surface area contributed by atoms with E-state index in [9.17, 15) is 13.2 Å². The highest BCUT2D eigenvalue weighted by molar-refractivity contribution is 7.98. The number of thioether (sulfide) groups is 1. The Balaban J connectivity index is 1.60. The number of methoxy groups -OCH3 is 1. The lowest BCUT2D eigenvalue weighted by molar-refractivity contribution is -0.137. The molecular weight excluding hydrogens is 365 g/mol. The fourth-order valence-corrected chi connectivity index (χ4v) is 2.99. The van der Waals surface area contributed by atoms with Gasteiger partial charge in [0.1, 0.15) is 5.75 Å². The van der Waals surface area contributed by atoms with Gasteiger partial charge in [0, 0.05) is 5.75 Å². The van der Waals surface area contributed by atoms with Crippen molar-refractivity contribution in [1.29, 1.82) is 0 Å². The first-order valence-corrected chi connectivity index (χ1v) is 8.67. The molecule has 1 heterocycles. The first-order chi connectivity index (χ1) is 12.4. The van der Waals surface area contributed by atoms with Crippen LogP contribution in [-0.4, -0.2) is 17.3 Å². The third-order valence-electron chi connectivity index (χ3n) is 3.58. The van der Waals surface area contributed by atoms with Gasteiger partial charge in [0.05, 0.1) is 19.1 Å². The number of aromatic nitrogens is 2. The molecule has 2 aromatic carbocycles. The summed E-state index contributed by atoms with van der Waals surface area (Å²) in [5.74, 6) is 1.52. The second-order valence-electron chi connectivity index (χ2n) is 5.47. The molecule has 3 aromatic rings. The van der Waals surface area contributed by atoms with E-state index >= 15 is 0 Å². The van der Waals surface area contributed by atoms with Crippen molar-refractivity contribution in [3.05, 3.63) is 71.1 Å². The van der Waals surface area contributed by atoms with Crippen LogP contribution < -0.4 is 4.74 Å². The molecule has 0 bridgehead atoms. The molecule has 0 aliphatic carbocycles. The molecular formula is C18H15F3N2O2S. The smallest absolute Gasteiger partial charge is 0.416 e. The molecule has 0 fully saturated rings. The van der Waals surface area contributed by atoms with Crippen LogP contribution in [-0.2, 0) is 18.3 Å². The van der Waals surface area contributed by atoms with Gasteiger partial charge in [0.15, 0.2) is 0 Å². The van der Waals surface area contributed by atoms with Crippen LogP contribution in [0, 0.1) is 0 Å². The Hall–Kier alpha value is -2.48. The molecule has 1 aromatic heterocycles. The molecule has 0 radical (unpaired) electrons. The van der Waals surface area contributed by atoms with Crippen molar-refractivity contribution in [3.63, 3.8) is 0 Å². The van der Waals surface area contributed by atoms with Crippen LogP contribution in [0.4, 0.5) is 13.2 Å². The van der Waals surface area contributed by atoms with Crippen molar-refractivity contribution in [2.45, 2.75) is 23.6 Å². The van der Waals surface area contributed by atoms with Crippen molar-refractivity contribution in [2.75, 3.05) is 7.11 Å². The van der Waals surface area contributed by atoms with Gasteiger partial charge in [-0.1, -0.05) is 42.1 Å². The number of hydrogen-bond acceptors (Lipinski definition) is 5. The lowest BCUT2D eigenvalue weighted by Crippen LogP contribution is -2.04. The molecule has 0 aliphatic heterocycles. The molecule has 0 spiro atoms. The SMILES string of the molecule is COc1ccc(Cc2nnc(SCc3cccc(C(F)(F)F)c3)o2)cc1. The monoisotopic (exact) mass is 380 g/mol. The number of benzene rings is 2. The van der Waals surface area contributed by atoms with Crippen LogP contribution in [0.3, 0.4) is 0 Å². The topological polar surface area (TPSA) is 48.2 Å². The summed E-state index contributed by atoms with van der Waals surface area (Å²) >= 11 is 1.20. The fourth-order valence-electron chi connectivity index (χ4n) is 2.27. The van der Waals surface area contributed by atoms with E-state index in [2.05, 4.69) is 10.2 Å². The van der Waals surface area contributed by atoms with Crippen LogP contribution >= 0.6 is 11.8 Å². The van der Waals surface area contributed by atoms with E-state index in [1.165, 1.54) is 17.8 Å². The van der Waals surface area contributed by atoms with Crippen molar-refractivity contribution >= 4 is 11.8 Å². The van der Waals surface area contributed by atoms with E-state index in [0.29, 0.717) is 28.9 Å². The maximum atomic E-state index is 12.7. The zero-order chi connectivity index (χ0) is 18.6. The van der Waals surface area contributed by atoms with E-state index in [0.717, 1.165) is 23.4 Å². The van der Waals surface area contributed by atoms with Crippen LogP contribution in [0.1, 0.15) is 22.6 Å². The van der Waals surface area contributed by atoms with E-state index in [-0.39, 0.29) is 0 Å². The quantitative estimate of drug-likeness (QED) is 0.565. The van der Waals surface area contributed by atoms with Gasteiger partial charge in [-0.2, -0.15) is 13.2 Å².